The molecule has 4 nitrogen and oxygen atoms in total. The Hall–Kier alpha value is -0.810. The first-order valence-corrected chi connectivity index (χ1v) is 4.60. The molecule has 0 amide bonds. The van der Waals surface area contributed by atoms with Gasteiger partial charge in [0, 0.05) is 12.1 Å². The first kappa shape index (κ1) is 9.28. The van der Waals surface area contributed by atoms with Crippen molar-refractivity contribution in [3.05, 3.63) is 22.4 Å². The van der Waals surface area contributed by atoms with Crippen molar-refractivity contribution in [3.8, 4) is 0 Å². The lowest BCUT2D eigenvalue weighted by Crippen LogP contribution is -2.09. The molecule has 12 heavy (non-hydrogen) atoms. The lowest BCUT2D eigenvalue weighted by atomic mass is 10.1. The number of nitrogens with two attached hydrogens (primary N) is 1. The zero-order valence-corrected chi connectivity index (χ0v) is 7.56. The van der Waals surface area contributed by atoms with Crippen molar-refractivity contribution in [1.29, 1.82) is 0 Å². The maximum absolute atomic E-state index is 10.7. The maximum atomic E-state index is 10.7. The number of rotatable bonds is 2. The highest BCUT2D eigenvalue weighted by Crippen LogP contribution is 2.23. The molecule has 1 aliphatic rings. The lowest BCUT2D eigenvalue weighted by molar-refractivity contribution is 0.273. The van der Waals surface area contributed by atoms with Crippen LogP contribution in [-0.4, -0.2) is 15.9 Å². The quantitative estimate of drug-likeness (QED) is 0.627. The third-order valence-corrected chi connectivity index (χ3v) is 2.39. The van der Waals surface area contributed by atoms with Crippen molar-refractivity contribution >= 4 is 11.1 Å². The molecule has 0 fully saturated rings. The lowest BCUT2D eigenvalue weighted by Gasteiger charge is -2.14. The Labute approximate surface area is 73.4 Å². The van der Waals surface area contributed by atoms with E-state index in [0.29, 0.717) is 24.3 Å². The van der Waals surface area contributed by atoms with Crippen molar-refractivity contribution < 1.29 is 13.5 Å². The molecule has 1 rings (SSSR count). The van der Waals surface area contributed by atoms with Crippen LogP contribution in [0.25, 0.3) is 0 Å². The first-order valence-electron chi connectivity index (χ1n) is 3.49. The van der Waals surface area contributed by atoms with Crippen LogP contribution in [0, 0.1) is 0 Å². The largest absolute Gasteiger partial charge is 0.500 e. The maximum Gasteiger partial charge on any atom is 0.190 e. The van der Waals surface area contributed by atoms with E-state index in [9.17, 15) is 4.21 Å². The fraction of sp³-hybridized carbons (Fsp3) is 0.429. The van der Waals surface area contributed by atoms with Crippen molar-refractivity contribution in [1.82, 2.24) is 0 Å². The van der Waals surface area contributed by atoms with Crippen LogP contribution >= 0.6 is 0 Å². The van der Waals surface area contributed by atoms with E-state index < -0.39 is 11.1 Å². The average molecular weight is 189 g/mol. The second-order valence-electron chi connectivity index (χ2n) is 2.46. The summed E-state index contributed by atoms with van der Waals surface area (Å²) in [6.45, 7) is 0. The summed E-state index contributed by atoms with van der Waals surface area (Å²) in [6, 6.07) is 0. The van der Waals surface area contributed by atoms with Gasteiger partial charge in [-0.15, -0.1) is 0 Å². The summed E-state index contributed by atoms with van der Waals surface area (Å²) >= 11 is -2.00. The Morgan fingerprint density at radius 3 is 2.83 bits per heavy atom. The van der Waals surface area contributed by atoms with Gasteiger partial charge in [0.05, 0.1) is 7.11 Å². The van der Waals surface area contributed by atoms with Crippen LogP contribution in [0.1, 0.15) is 12.8 Å². The molecule has 0 aromatic heterocycles. The predicted molar refractivity (Wildman–Crippen MR) is 46.3 cm³/mol. The molecule has 0 aromatic carbocycles. The predicted octanol–water partition coefficient (Wildman–Crippen LogP) is 0.703. The summed E-state index contributed by atoms with van der Waals surface area (Å²) in [4.78, 5) is 0.279. The van der Waals surface area contributed by atoms with Gasteiger partial charge in [-0.25, -0.2) is 4.21 Å². The van der Waals surface area contributed by atoms with E-state index in [1.54, 1.807) is 0 Å². The zero-order valence-electron chi connectivity index (χ0n) is 6.74. The van der Waals surface area contributed by atoms with Crippen LogP contribution in [-0.2, 0) is 15.8 Å². The van der Waals surface area contributed by atoms with E-state index in [2.05, 4.69) is 0 Å². The van der Waals surface area contributed by atoms with Crippen molar-refractivity contribution in [2.24, 2.45) is 5.73 Å². The van der Waals surface area contributed by atoms with E-state index >= 15 is 0 Å². The summed E-state index contributed by atoms with van der Waals surface area (Å²) in [6.07, 6.45) is 2.78. The monoisotopic (exact) mass is 189 g/mol. The van der Waals surface area contributed by atoms with Gasteiger partial charge >= 0.3 is 0 Å². The molecular weight excluding hydrogens is 178 g/mol. The van der Waals surface area contributed by atoms with E-state index in [4.69, 9.17) is 15.0 Å². The minimum Gasteiger partial charge on any atom is -0.500 e. The number of allylic oxidation sites excluding steroid dienone is 3. The van der Waals surface area contributed by atoms with Crippen LogP contribution in [0.15, 0.2) is 22.4 Å². The molecule has 1 unspecified atom stereocenters. The standard InChI is InChI=1S/C7H11NO3S/c1-11-6-3-2-5(8)4-7(6)12(9)10/h4H,2-3,8H2,1H3,(H,9,10). The number of methoxy groups -OCH3 is 1. The van der Waals surface area contributed by atoms with E-state index in [0.717, 1.165) is 0 Å². The minimum absolute atomic E-state index is 0.279. The highest BCUT2D eigenvalue weighted by atomic mass is 32.2. The highest BCUT2D eigenvalue weighted by molar-refractivity contribution is 7.83. The van der Waals surface area contributed by atoms with Crippen molar-refractivity contribution in [2.45, 2.75) is 12.8 Å². The second kappa shape index (κ2) is 3.73. The van der Waals surface area contributed by atoms with Crippen LogP contribution in [0.3, 0.4) is 0 Å². The van der Waals surface area contributed by atoms with Crippen molar-refractivity contribution in [2.75, 3.05) is 7.11 Å². The molecular formula is C7H11NO3S. The minimum atomic E-state index is -2.00. The first-order chi connectivity index (χ1) is 5.65. The molecule has 1 atom stereocenters. The fourth-order valence-corrected chi connectivity index (χ4v) is 1.68. The summed E-state index contributed by atoms with van der Waals surface area (Å²) in [5, 5.41) is 0. The molecule has 0 radical (unpaired) electrons. The van der Waals surface area contributed by atoms with E-state index in [-0.39, 0.29) is 4.91 Å². The smallest absolute Gasteiger partial charge is 0.190 e. The van der Waals surface area contributed by atoms with E-state index in [1.807, 2.05) is 0 Å². The summed E-state index contributed by atoms with van der Waals surface area (Å²) < 4.78 is 24.5. The molecule has 1 aliphatic carbocycles. The summed E-state index contributed by atoms with van der Waals surface area (Å²) in [5.74, 6) is 0.546. The van der Waals surface area contributed by atoms with Crippen LogP contribution in [0.5, 0.6) is 0 Å². The SMILES string of the molecule is COC1=C(S(=O)O)C=C(N)CC1. The molecule has 0 aromatic rings. The van der Waals surface area contributed by atoms with Gasteiger partial charge in [0.15, 0.2) is 11.1 Å². The van der Waals surface area contributed by atoms with Gasteiger partial charge in [0.1, 0.15) is 10.7 Å². The van der Waals surface area contributed by atoms with Crippen LogP contribution in [0.4, 0.5) is 0 Å². The third-order valence-electron chi connectivity index (χ3n) is 1.67. The molecule has 5 heteroatoms. The Balaban J connectivity index is 3.00. The molecule has 68 valence electrons. The summed E-state index contributed by atoms with van der Waals surface area (Å²) in [5.41, 5.74) is 6.12. The van der Waals surface area contributed by atoms with Gasteiger partial charge in [0.2, 0.25) is 0 Å². The topological polar surface area (TPSA) is 72.5 Å². The molecule has 0 aliphatic heterocycles. The Morgan fingerprint density at radius 2 is 2.33 bits per heavy atom. The molecule has 0 bridgehead atoms. The number of ether oxygens (including phenoxy) is 1. The van der Waals surface area contributed by atoms with Gasteiger partial charge in [-0.2, -0.15) is 0 Å². The summed E-state index contributed by atoms with van der Waals surface area (Å²) in [7, 11) is 1.48. The Bertz CT molecular complexity index is 270. The molecule has 0 saturated heterocycles. The van der Waals surface area contributed by atoms with Crippen LogP contribution in [0.2, 0.25) is 0 Å². The molecule has 0 spiro atoms. The van der Waals surface area contributed by atoms with Crippen LogP contribution < -0.4 is 5.73 Å². The Kier molecular flexibility index (Phi) is 2.88. The van der Waals surface area contributed by atoms with E-state index in [1.165, 1.54) is 13.2 Å². The fourth-order valence-electron chi connectivity index (χ4n) is 1.05. The van der Waals surface area contributed by atoms with Crippen molar-refractivity contribution in [3.63, 3.8) is 0 Å². The second-order valence-corrected chi connectivity index (χ2v) is 3.40. The molecule has 0 saturated carbocycles. The normalized spacial score (nSPS) is 20.3. The number of hydrogen-bond acceptors (Lipinski definition) is 3. The van der Waals surface area contributed by atoms with Gasteiger partial charge < -0.3 is 15.0 Å². The van der Waals surface area contributed by atoms with Gasteiger partial charge in [-0.1, -0.05) is 0 Å². The van der Waals surface area contributed by atoms with Gasteiger partial charge in [-0.05, 0) is 12.5 Å². The highest BCUT2D eigenvalue weighted by Gasteiger charge is 2.16. The molecule has 0 heterocycles. The van der Waals surface area contributed by atoms with Gasteiger partial charge in [0.25, 0.3) is 0 Å². The molecule has 3 N–H and O–H groups in total. The zero-order chi connectivity index (χ0) is 9.14. The van der Waals surface area contributed by atoms with Gasteiger partial charge in [-0.3, -0.25) is 0 Å². The Morgan fingerprint density at radius 1 is 1.67 bits per heavy atom. The third kappa shape index (κ3) is 1.86. The average Bonchev–Trinajstić information content (AvgIpc) is 2.04. The number of hydrogen-bond donors (Lipinski definition) is 2.